The summed E-state index contributed by atoms with van der Waals surface area (Å²) >= 11 is 1.87. The smallest absolute Gasteiger partial charge is 0.138 e. The van der Waals surface area contributed by atoms with Gasteiger partial charge < -0.3 is 0 Å². The number of benzene rings is 6. The van der Waals surface area contributed by atoms with E-state index in [-0.39, 0.29) is 0 Å². The Morgan fingerprint density at radius 2 is 1.05 bits per heavy atom. The van der Waals surface area contributed by atoms with Crippen molar-refractivity contribution < 1.29 is 0 Å². The van der Waals surface area contributed by atoms with Crippen molar-refractivity contribution in [2.24, 2.45) is 0 Å². The SMILES string of the molecule is c1ccc(-c2cccc(-c3cc(-c4cccc5c4sc4ccccc45)cc(-n4c5ccccc5c5ccccc54)n3)c2)cc1. The van der Waals surface area contributed by atoms with Crippen LogP contribution < -0.4 is 0 Å². The number of pyridine rings is 1. The second kappa shape index (κ2) is 10.0. The molecular formula is C41H26N2S. The van der Waals surface area contributed by atoms with Crippen LogP contribution in [0.1, 0.15) is 0 Å². The summed E-state index contributed by atoms with van der Waals surface area (Å²) in [6.45, 7) is 0. The van der Waals surface area contributed by atoms with Crippen molar-refractivity contribution in [2.75, 3.05) is 0 Å². The standard InChI is InChI=1S/C41H26N2S/c1-2-12-27(13-3-1)28-14-10-15-29(24-28)36-25-30(31-19-11-20-35-34-18-6-9-23-39(34)44-41(31)35)26-40(42-36)43-37-21-7-4-16-32(37)33-17-5-8-22-38(33)43/h1-26H. The number of thiophene rings is 1. The molecule has 0 aliphatic carbocycles. The van der Waals surface area contributed by atoms with Crippen LogP contribution in [0, 0.1) is 0 Å². The highest BCUT2D eigenvalue weighted by atomic mass is 32.1. The maximum Gasteiger partial charge on any atom is 0.138 e. The van der Waals surface area contributed by atoms with Crippen LogP contribution in [0.25, 0.3) is 81.3 Å². The van der Waals surface area contributed by atoms with Crippen LogP contribution in [-0.2, 0) is 0 Å². The minimum absolute atomic E-state index is 0.915. The number of hydrogen-bond acceptors (Lipinski definition) is 2. The van der Waals surface area contributed by atoms with E-state index in [1.54, 1.807) is 0 Å². The van der Waals surface area contributed by atoms with Gasteiger partial charge in [0, 0.05) is 36.5 Å². The number of aromatic nitrogens is 2. The molecule has 9 rings (SSSR count). The predicted octanol–water partition coefficient (Wildman–Crippen LogP) is 11.5. The molecular weight excluding hydrogens is 553 g/mol. The first kappa shape index (κ1) is 25.0. The molecule has 0 N–H and O–H groups in total. The van der Waals surface area contributed by atoms with Gasteiger partial charge in [-0.25, -0.2) is 4.98 Å². The Hall–Kier alpha value is -5.51. The molecule has 0 aliphatic rings. The molecule has 0 spiro atoms. The molecule has 0 radical (unpaired) electrons. The van der Waals surface area contributed by atoms with Crippen LogP contribution in [0.5, 0.6) is 0 Å². The Bertz CT molecular complexity index is 2450. The molecule has 44 heavy (non-hydrogen) atoms. The topological polar surface area (TPSA) is 17.8 Å². The highest BCUT2D eigenvalue weighted by Crippen LogP contribution is 2.42. The zero-order valence-electron chi connectivity index (χ0n) is 23.8. The molecule has 2 nitrogen and oxygen atoms in total. The number of nitrogens with zero attached hydrogens (tertiary/aromatic N) is 2. The summed E-state index contributed by atoms with van der Waals surface area (Å²) < 4.78 is 4.93. The van der Waals surface area contributed by atoms with Gasteiger partial charge in [0.1, 0.15) is 5.82 Å². The molecule has 0 atom stereocenters. The molecule has 3 heteroatoms. The van der Waals surface area contributed by atoms with Gasteiger partial charge >= 0.3 is 0 Å². The molecule has 3 aromatic heterocycles. The highest BCUT2D eigenvalue weighted by Gasteiger charge is 2.17. The zero-order chi connectivity index (χ0) is 29.0. The molecule has 206 valence electrons. The second-order valence-electron chi connectivity index (χ2n) is 11.2. The lowest BCUT2D eigenvalue weighted by molar-refractivity contribution is 1.08. The molecule has 6 aromatic carbocycles. The molecule has 0 amide bonds. The predicted molar refractivity (Wildman–Crippen MR) is 188 cm³/mol. The fraction of sp³-hybridized carbons (Fsp3) is 0. The van der Waals surface area contributed by atoms with Crippen molar-refractivity contribution in [3.8, 4) is 39.3 Å². The molecule has 0 fully saturated rings. The van der Waals surface area contributed by atoms with Gasteiger partial charge in [0.05, 0.1) is 16.7 Å². The quantitative estimate of drug-likeness (QED) is 0.203. The molecule has 0 bridgehead atoms. The van der Waals surface area contributed by atoms with Crippen LogP contribution in [0.3, 0.4) is 0 Å². The summed E-state index contributed by atoms with van der Waals surface area (Å²) in [5.41, 5.74) is 9.13. The van der Waals surface area contributed by atoms with Crippen molar-refractivity contribution in [2.45, 2.75) is 0 Å². The number of rotatable bonds is 4. The molecule has 0 saturated carbocycles. The minimum atomic E-state index is 0.915. The van der Waals surface area contributed by atoms with E-state index in [0.717, 1.165) is 33.7 Å². The lowest BCUT2D eigenvalue weighted by Crippen LogP contribution is -2.00. The van der Waals surface area contributed by atoms with E-state index in [1.807, 2.05) is 11.3 Å². The largest absolute Gasteiger partial charge is 0.294 e. The van der Waals surface area contributed by atoms with E-state index < -0.39 is 0 Å². The first-order valence-corrected chi connectivity index (χ1v) is 15.7. The zero-order valence-corrected chi connectivity index (χ0v) is 24.6. The maximum absolute atomic E-state index is 5.40. The van der Waals surface area contributed by atoms with Gasteiger partial charge in [0.2, 0.25) is 0 Å². The summed E-state index contributed by atoms with van der Waals surface area (Å²) in [5.74, 6) is 0.915. The number of fused-ring (bicyclic) bond motifs is 6. The van der Waals surface area contributed by atoms with Crippen molar-refractivity contribution in [3.05, 3.63) is 158 Å². The van der Waals surface area contributed by atoms with Gasteiger partial charge in [-0.05, 0) is 58.7 Å². The molecule has 9 aromatic rings. The van der Waals surface area contributed by atoms with E-state index in [4.69, 9.17) is 4.98 Å². The Morgan fingerprint density at radius 1 is 0.432 bits per heavy atom. The minimum Gasteiger partial charge on any atom is -0.294 e. The normalized spacial score (nSPS) is 11.6. The summed E-state index contributed by atoms with van der Waals surface area (Å²) in [7, 11) is 0. The third kappa shape index (κ3) is 3.98. The fourth-order valence-electron chi connectivity index (χ4n) is 6.57. The van der Waals surface area contributed by atoms with Gasteiger partial charge in [-0.15, -0.1) is 11.3 Å². The average Bonchev–Trinajstić information content (AvgIpc) is 3.65. The average molecular weight is 579 g/mol. The Balaban J connectivity index is 1.34. The van der Waals surface area contributed by atoms with Crippen LogP contribution in [0.4, 0.5) is 0 Å². The van der Waals surface area contributed by atoms with E-state index in [0.29, 0.717) is 0 Å². The first-order valence-electron chi connectivity index (χ1n) is 14.9. The van der Waals surface area contributed by atoms with E-state index in [1.165, 1.54) is 47.6 Å². The Morgan fingerprint density at radius 3 is 1.84 bits per heavy atom. The van der Waals surface area contributed by atoms with Gasteiger partial charge in [0.15, 0.2) is 0 Å². The maximum atomic E-state index is 5.40. The summed E-state index contributed by atoms with van der Waals surface area (Å²) in [4.78, 5) is 5.40. The second-order valence-corrected chi connectivity index (χ2v) is 12.2. The van der Waals surface area contributed by atoms with Crippen LogP contribution in [0.15, 0.2) is 158 Å². The van der Waals surface area contributed by atoms with Gasteiger partial charge in [-0.2, -0.15) is 0 Å². The Labute approximate surface area is 259 Å². The van der Waals surface area contributed by atoms with Crippen molar-refractivity contribution >= 4 is 53.3 Å². The Kier molecular flexibility index (Phi) is 5.71. The van der Waals surface area contributed by atoms with Crippen LogP contribution in [0.2, 0.25) is 0 Å². The number of para-hydroxylation sites is 2. The van der Waals surface area contributed by atoms with E-state index in [2.05, 4.69) is 162 Å². The molecule has 0 saturated heterocycles. The van der Waals surface area contributed by atoms with Crippen molar-refractivity contribution in [1.29, 1.82) is 0 Å². The number of hydrogen-bond donors (Lipinski definition) is 0. The fourth-order valence-corrected chi connectivity index (χ4v) is 7.80. The van der Waals surface area contributed by atoms with Crippen molar-refractivity contribution in [1.82, 2.24) is 9.55 Å². The monoisotopic (exact) mass is 578 g/mol. The van der Waals surface area contributed by atoms with Crippen LogP contribution in [-0.4, -0.2) is 9.55 Å². The first-order chi connectivity index (χ1) is 21.8. The van der Waals surface area contributed by atoms with Gasteiger partial charge in [-0.3, -0.25) is 4.57 Å². The van der Waals surface area contributed by atoms with Gasteiger partial charge in [0.25, 0.3) is 0 Å². The summed E-state index contributed by atoms with van der Waals surface area (Å²) in [5, 5.41) is 5.07. The summed E-state index contributed by atoms with van der Waals surface area (Å²) in [6.07, 6.45) is 0. The molecule has 0 aliphatic heterocycles. The van der Waals surface area contributed by atoms with E-state index >= 15 is 0 Å². The lowest BCUT2D eigenvalue weighted by Gasteiger charge is -2.14. The van der Waals surface area contributed by atoms with Crippen molar-refractivity contribution in [3.63, 3.8) is 0 Å². The summed E-state index contributed by atoms with van der Waals surface area (Å²) in [6, 6.07) is 56.5. The molecule has 0 unspecified atom stereocenters. The van der Waals surface area contributed by atoms with Crippen LogP contribution >= 0.6 is 11.3 Å². The van der Waals surface area contributed by atoms with E-state index in [9.17, 15) is 0 Å². The van der Waals surface area contributed by atoms with Gasteiger partial charge in [-0.1, -0.05) is 121 Å². The third-order valence-electron chi connectivity index (χ3n) is 8.60. The highest BCUT2D eigenvalue weighted by molar-refractivity contribution is 7.26. The molecule has 3 heterocycles. The third-order valence-corrected chi connectivity index (χ3v) is 9.82. The lowest BCUT2D eigenvalue weighted by atomic mass is 9.98.